The van der Waals surface area contributed by atoms with Crippen LogP contribution in [0.15, 0.2) is 10.7 Å². The summed E-state index contributed by atoms with van der Waals surface area (Å²) in [7, 11) is 0. The third kappa shape index (κ3) is 1.88. The van der Waals surface area contributed by atoms with Crippen LogP contribution in [-0.4, -0.2) is 37.1 Å². The Hall–Kier alpha value is -1.83. The SMILES string of the molecule is Cc1nc(C2CCCN2C(=O)c2cnns2)no1. The van der Waals surface area contributed by atoms with E-state index in [1.54, 1.807) is 11.8 Å². The van der Waals surface area contributed by atoms with Gasteiger partial charge in [0.2, 0.25) is 5.89 Å². The fraction of sp³-hybridized carbons (Fsp3) is 0.500. The van der Waals surface area contributed by atoms with Crippen molar-refractivity contribution in [2.24, 2.45) is 0 Å². The van der Waals surface area contributed by atoms with Crippen LogP contribution < -0.4 is 0 Å². The molecule has 1 amide bonds. The van der Waals surface area contributed by atoms with E-state index in [-0.39, 0.29) is 11.9 Å². The molecule has 1 unspecified atom stereocenters. The van der Waals surface area contributed by atoms with E-state index in [0.29, 0.717) is 23.1 Å². The summed E-state index contributed by atoms with van der Waals surface area (Å²) in [6, 6.07) is -0.1000. The zero-order valence-corrected chi connectivity index (χ0v) is 10.6. The molecule has 3 rings (SSSR count). The van der Waals surface area contributed by atoms with Gasteiger partial charge in [-0.25, -0.2) is 0 Å². The van der Waals surface area contributed by atoms with Gasteiger partial charge in [0.25, 0.3) is 5.91 Å². The van der Waals surface area contributed by atoms with E-state index < -0.39 is 0 Å². The summed E-state index contributed by atoms with van der Waals surface area (Å²) in [5.74, 6) is 1.04. The van der Waals surface area contributed by atoms with Gasteiger partial charge >= 0.3 is 0 Å². The Morgan fingerprint density at radius 3 is 3.17 bits per heavy atom. The number of aryl methyl sites for hydroxylation is 1. The van der Waals surface area contributed by atoms with E-state index in [1.807, 2.05) is 0 Å². The Bertz CT molecular complexity index is 552. The van der Waals surface area contributed by atoms with Crippen molar-refractivity contribution in [1.29, 1.82) is 0 Å². The highest BCUT2D eigenvalue weighted by Gasteiger charge is 2.34. The molecule has 8 heteroatoms. The predicted molar refractivity (Wildman–Crippen MR) is 62.0 cm³/mol. The fourth-order valence-corrected chi connectivity index (χ4v) is 2.60. The minimum absolute atomic E-state index is 0.0602. The number of carbonyl (C=O) groups is 1. The molecule has 1 fully saturated rings. The van der Waals surface area contributed by atoms with Gasteiger partial charge in [-0.05, 0) is 24.4 Å². The first kappa shape index (κ1) is 11.3. The highest BCUT2D eigenvalue weighted by Crippen LogP contribution is 2.31. The summed E-state index contributed by atoms with van der Waals surface area (Å²) in [6.07, 6.45) is 3.29. The van der Waals surface area contributed by atoms with E-state index in [0.717, 1.165) is 24.4 Å². The second-order valence-electron chi connectivity index (χ2n) is 4.11. The molecule has 0 aromatic carbocycles. The van der Waals surface area contributed by atoms with Crippen molar-refractivity contribution in [2.75, 3.05) is 6.54 Å². The molecule has 0 aliphatic carbocycles. The van der Waals surface area contributed by atoms with Crippen LogP contribution in [0.1, 0.15) is 40.3 Å². The van der Waals surface area contributed by atoms with Gasteiger partial charge in [0.05, 0.1) is 12.2 Å². The Kier molecular flexibility index (Phi) is 2.78. The smallest absolute Gasteiger partial charge is 0.267 e. The molecule has 0 saturated carbocycles. The average Bonchev–Trinajstić information content (AvgIpc) is 3.09. The number of rotatable bonds is 2. The summed E-state index contributed by atoms with van der Waals surface area (Å²) in [5.41, 5.74) is 0. The Morgan fingerprint density at radius 1 is 1.61 bits per heavy atom. The molecule has 18 heavy (non-hydrogen) atoms. The molecule has 1 saturated heterocycles. The van der Waals surface area contributed by atoms with Crippen LogP contribution in [0.4, 0.5) is 0 Å². The minimum Gasteiger partial charge on any atom is -0.340 e. The number of likely N-dealkylation sites (tertiary alicyclic amines) is 1. The lowest BCUT2D eigenvalue weighted by Crippen LogP contribution is -2.30. The third-order valence-corrected chi connectivity index (χ3v) is 3.58. The van der Waals surface area contributed by atoms with Crippen LogP contribution >= 0.6 is 11.5 Å². The molecule has 2 aromatic rings. The summed E-state index contributed by atoms with van der Waals surface area (Å²) in [6.45, 7) is 2.44. The third-order valence-electron chi connectivity index (χ3n) is 2.93. The Morgan fingerprint density at radius 2 is 2.50 bits per heavy atom. The molecule has 1 aliphatic heterocycles. The lowest BCUT2D eigenvalue weighted by atomic mass is 10.2. The highest BCUT2D eigenvalue weighted by molar-refractivity contribution is 7.07. The second kappa shape index (κ2) is 4.45. The number of hydrogen-bond acceptors (Lipinski definition) is 7. The minimum atomic E-state index is -0.1000. The quantitative estimate of drug-likeness (QED) is 0.811. The average molecular weight is 265 g/mol. The zero-order chi connectivity index (χ0) is 12.5. The summed E-state index contributed by atoms with van der Waals surface area (Å²) < 4.78 is 8.69. The van der Waals surface area contributed by atoms with Crippen molar-refractivity contribution in [3.63, 3.8) is 0 Å². The van der Waals surface area contributed by atoms with Crippen molar-refractivity contribution in [1.82, 2.24) is 24.6 Å². The molecule has 2 aromatic heterocycles. The Labute approximate surface area is 107 Å². The zero-order valence-electron chi connectivity index (χ0n) is 9.74. The van der Waals surface area contributed by atoms with Crippen molar-refractivity contribution in [3.05, 3.63) is 22.8 Å². The maximum atomic E-state index is 12.3. The highest BCUT2D eigenvalue weighted by atomic mass is 32.1. The summed E-state index contributed by atoms with van der Waals surface area (Å²) in [4.78, 5) is 18.8. The van der Waals surface area contributed by atoms with Gasteiger partial charge in [-0.15, -0.1) is 5.10 Å². The van der Waals surface area contributed by atoms with E-state index in [4.69, 9.17) is 4.52 Å². The molecular formula is C10H11N5O2S. The number of aromatic nitrogens is 4. The molecule has 1 atom stereocenters. The van der Waals surface area contributed by atoms with Crippen LogP contribution in [0, 0.1) is 6.92 Å². The topological polar surface area (TPSA) is 85.0 Å². The molecule has 7 nitrogen and oxygen atoms in total. The van der Waals surface area contributed by atoms with E-state index in [9.17, 15) is 4.79 Å². The molecule has 94 valence electrons. The van der Waals surface area contributed by atoms with Gasteiger partial charge < -0.3 is 9.42 Å². The first-order valence-electron chi connectivity index (χ1n) is 5.64. The van der Waals surface area contributed by atoms with Crippen LogP contribution in [0.3, 0.4) is 0 Å². The summed E-state index contributed by atoms with van der Waals surface area (Å²) >= 11 is 1.10. The second-order valence-corrected chi connectivity index (χ2v) is 4.90. The van der Waals surface area contributed by atoms with Crippen LogP contribution in [0.5, 0.6) is 0 Å². The molecule has 0 N–H and O–H groups in total. The molecule has 0 spiro atoms. The maximum absolute atomic E-state index is 12.3. The van der Waals surface area contributed by atoms with Gasteiger partial charge in [-0.1, -0.05) is 9.64 Å². The van der Waals surface area contributed by atoms with Crippen molar-refractivity contribution in [3.8, 4) is 0 Å². The normalized spacial score (nSPS) is 19.4. The van der Waals surface area contributed by atoms with Crippen LogP contribution in [-0.2, 0) is 0 Å². The van der Waals surface area contributed by atoms with Crippen LogP contribution in [0.25, 0.3) is 0 Å². The molecule has 1 aliphatic rings. The molecule has 3 heterocycles. The maximum Gasteiger partial charge on any atom is 0.267 e. The summed E-state index contributed by atoms with van der Waals surface area (Å²) in [5, 5.41) is 7.59. The molecular weight excluding hydrogens is 254 g/mol. The van der Waals surface area contributed by atoms with Crippen LogP contribution in [0.2, 0.25) is 0 Å². The number of amides is 1. The van der Waals surface area contributed by atoms with Gasteiger partial charge in [0.15, 0.2) is 5.82 Å². The van der Waals surface area contributed by atoms with Gasteiger partial charge in [0, 0.05) is 13.5 Å². The van der Waals surface area contributed by atoms with Crippen molar-refractivity contribution in [2.45, 2.75) is 25.8 Å². The fourth-order valence-electron chi connectivity index (χ4n) is 2.13. The van der Waals surface area contributed by atoms with E-state index >= 15 is 0 Å². The Balaban J connectivity index is 1.85. The standard InChI is InChI=1S/C10H11N5O2S/c1-6-12-9(13-17-6)7-3-2-4-15(7)10(16)8-5-11-14-18-8/h5,7H,2-4H2,1H3. The van der Waals surface area contributed by atoms with Gasteiger partial charge in [-0.3, -0.25) is 4.79 Å². The van der Waals surface area contributed by atoms with Gasteiger partial charge in [0.1, 0.15) is 4.88 Å². The first-order chi connectivity index (χ1) is 8.75. The van der Waals surface area contributed by atoms with E-state index in [2.05, 4.69) is 19.7 Å². The number of hydrogen-bond donors (Lipinski definition) is 0. The first-order valence-corrected chi connectivity index (χ1v) is 6.41. The number of nitrogens with zero attached hydrogens (tertiary/aromatic N) is 5. The molecule has 0 radical (unpaired) electrons. The lowest BCUT2D eigenvalue weighted by molar-refractivity contribution is 0.0733. The predicted octanol–water partition coefficient (Wildman–Crippen LogP) is 1.21. The monoisotopic (exact) mass is 265 g/mol. The van der Waals surface area contributed by atoms with Gasteiger partial charge in [-0.2, -0.15) is 4.98 Å². The van der Waals surface area contributed by atoms with Crippen molar-refractivity contribution < 1.29 is 9.32 Å². The van der Waals surface area contributed by atoms with Crippen molar-refractivity contribution >= 4 is 17.4 Å². The largest absolute Gasteiger partial charge is 0.340 e. The molecule has 0 bridgehead atoms. The van der Waals surface area contributed by atoms with E-state index in [1.165, 1.54) is 6.20 Å². The number of carbonyl (C=O) groups excluding carboxylic acids is 1. The lowest BCUT2D eigenvalue weighted by Gasteiger charge is -2.20.